The van der Waals surface area contributed by atoms with E-state index >= 15 is 0 Å². The fourth-order valence-corrected chi connectivity index (χ4v) is 2.66. The highest BCUT2D eigenvalue weighted by atomic mass is 16.5. The molecular weight excluding hydrogens is 248 g/mol. The first-order chi connectivity index (χ1) is 9.93. The summed E-state index contributed by atoms with van der Waals surface area (Å²) in [5, 5.41) is 2.26. The Morgan fingerprint density at radius 3 is 2.75 bits per heavy atom. The van der Waals surface area contributed by atoms with E-state index in [2.05, 4.69) is 30.4 Å². The highest BCUT2D eigenvalue weighted by Gasteiger charge is 2.15. The summed E-state index contributed by atoms with van der Waals surface area (Å²) < 4.78 is 11.9. The van der Waals surface area contributed by atoms with E-state index in [1.807, 2.05) is 30.4 Å². The standard InChI is InChI=1S/C18H14O2/c1-2-6-12-19-17-13(7-3-1)10-11-15-14-8-4-5-9-16(14)20-18(15)17/h1-6,8-11H,7,12H2/b3-1-,6-2-. The molecule has 1 aliphatic heterocycles. The third-order valence-corrected chi connectivity index (χ3v) is 3.63. The molecule has 0 aliphatic carbocycles. The van der Waals surface area contributed by atoms with E-state index in [1.165, 1.54) is 0 Å². The Bertz CT molecular complexity index is 837. The molecule has 0 atom stereocenters. The van der Waals surface area contributed by atoms with Crippen molar-refractivity contribution in [1.82, 2.24) is 0 Å². The summed E-state index contributed by atoms with van der Waals surface area (Å²) in [7, 11) is 0. The number of ether oxygens (including phenoxy) is 1. The van der Waals surface area contributed by atoms with Gasteiger partial charge in [-0.05, 0) is 24.6 Å². The van der Waals surface area contributed by atoms with Crippen molar-refractivity contribution in [3.8, 4) is 5.75 Å². The number of furan rings is 1. The van der Waals surface area contributed by atoms with Crippen molar-refractivity contribution in [2.24, 2.45) is 0 Å². The highest BCUT2D eigenvalue weighted by molar-refractivity contribution is 6.07. The van der Waals surface area contributed by atoms with E-state index in [0.717, 1.165) is 39.7 Å². The smallest absolute Gasteiger partial charge is 0.177 e. The van der Waals surface area contributed by atoms with Crippen LogP contribution in [-0.2, 0) is 6.42 Å². The average Bonchev–Trinajstić information content (AvgIpc) is 2.90. The number of hydrogen-bond donors (Lipinski definition) is 0. The SMILES string of the molecule is C1=C\COc2c(ccc3c2oc2ccccc23)C\C=C/1. The van der Waals surface area contributed by atoms with Crippen LogP contribution in [0.3, 0.4) is 0 Å². The van der Waals surface area contributed by atoms with Gasteiger partial charge in [0.1, 0.15) is 12.2 Å². The lowest BCUT2D eigenvalue weighted by Crippen LogP contribution is -1.97. The Balaban J connectivity index is 2.02. The Morgan fingerprint density at radius 2 is 1.75 bits per heavy atom. The highest BCUT2D eigenvalue weighted by Crippen LogP contribution is 2.37. The quantitative estimate of drug-likeness (QED) is 0.589. The van der Waals surface area contributed by atoms with Gasteiger partial charge in [-0.3, -0.25) is 0 Å². The van der Waals surface area contributed by atoms with Crippen LogP contribution in [0, 0.1) is 0 Å². The lowest BCUT2D eigenvalue weighted by Gasteiger charge is -2.08. The maximum Gasteiger partial charge on any atom is 0.177 e. The second-order valence-electron chi connectivity index (χ2n) is 4.90. The van der Waals surface area contributed by atoms with Crippen LogP contribution in [0.25, 0.3) is 21.9 Å². The van der Waals surface area contributed by atoms with Gasteiger partial charge in [-0.15, -0.1) is 0 Å². The molecule has 0 saturated heterocycles. The van der Waals surface area contributed by atoms with E-state index in [4.69, 9.17) is 9.15 Å². The molecule has 20 heavy (non-hydrogen) atoms. The summed E-state index contributed by atoms with van der Waals surface area (Å²) in [5.41, 5.74) is 2.93. The lowest BCUT2D eigenvalue weighted by atomic mass is 10.1. The fourth-order valence-electron chi connectivity index (χ4n) is 2.66. The van der Waals surface area contributed by atoms with Crippen LogP contribution < -0.4 is 4.74 Å². The largest absolute Gasteiger partial charge is 0.485 e. The molecule has 2 aromatic carbocycles. The third-order valence-electron chi connectivity index (χ3n) is 3.63. The van der Waals surface area contributed by atoms with Gasteiger partial charge < -0.3 is 9.15 Å². The van der Waals surface area contributed by atoms with Gasteiger partial charge in [0, 0.05) is 16.3 Å². The van der Waals surface area contributed by atoms with Gasteiger partial charge in [0.25, 0.3) is 0 Å². The molecule has 1 aromatic heterocycles. The summed E-state index contributed by atoms with van der Waals surface area (Å²) >= 11 is 0. The molecule has 1 aliphatic rings. The molecule has 98 valence electrons. The molecule has 0 spiro atoms. The Labute approximate surface area is 117 Å². The minimum atomic E-state index is 0.563. The van der Waals surface area contributed by atoms with Gasteiger partial charge >= 0.3 is 0 Å². The van der Waals surface area contributed by atoms with Crippen molar-refractivity contribution in [2.45, 2.75) is 6.42 Å². The number of allylic oxidation sites excluding steroid dienone is 3. The molecule has 0 saturated carbocycles. The van der Waals surface area contributed by atoms with E-state index in [1.54, 1.807) is 0 Å². The molecule has 0 N–H and O–H groups in total. The Hall–Kier alpha value is -2.48. The maximum atomic E-state index is 6.01. The zero-order valence-corrected chi connectivity index (χ0v) is 11.0. The number of para-hydroxylation sites is 1. The second kappa shape index (κ2) is 4.57. The van der Waals surface area contributed by atoms with Gasteiger partial charge in [0.2, 0.25) is 0 Å². The summed E-state index contributed by atoms with van der Waals surface area (Å²) in [5.74, 6) is 0.870. The van der Waals surface area contributed by atoms with Crippen LogP contribution in [0.5, 0.6) is 5.75 Å². The topological polar surface area (TPSA) is 22.4 Å². The zero-order chi connectivity index (χ0) is 13.4. The molecule has 3 aromatic rings. The first-order valence-corrected chi connectivity index (χ1v) is 6.81. The van der Waals surface area contributed by atoms with Crippen molar-refractivity contribution >= 4 is 21.9 Å². The predicted octanol–water partition coefficient (Wildman–Crippen LogP) is 4.63. The maximum absolute atomic E-state index is 6.01. The van der Waals surface area contributed by atoms with Gasteiger partial charge in [0.15, 0.2) is 11.3 Å². The number of rotatable bonds is 0. The first kappa shape index (κ1) is 11.4. The van der Waals surface area contributed by atoms with Crippen LogP contribution in [0.1, 0.15) is 5.56 Å². The van der Waals surface area contributed by atoms with E-state index in [-0.39, 0.29) is 0 Å². The molecule has 4 rings (SSSR count). The molecule has 2 nitrogen and oxygen atoms in total. The van der Waals surface area contributed by atoms with Gasteiger partial charge in [-0.1, -0.05) is 42.5 Å². The van der Waals surface area contributed by atoms with Crippen LogP contribution in [0.4, 0.5) is 0 Å². The van der Waals surface area contributed by atoms with E-state index < -0.39 is 0 Å². The average molecular weight is 262 g/mol. The van der Waals surface area contributed by atoms with E-state index in [0.29, 0.717) is 6.61 Å². The zero-order valence-electron chi connectivity index (χ0n) is 11.0. The molecular formula is C18H14O2. The Kier molecular flexibility index (Phi) is 2.59. The summed E-state index contributed by atoms with van der Waals surface area (Å²) in [6, 6.07) is 12.4. The fraction of sp³-hybridized carbons (Fsp3) is 0.111. The van der Waals surface area contributed by atoms with Crippen molar-refractivity contribution in [2.75, 3.05) is 6.61 Å². The number of fused-ring (bicyclic) bond motifs is 5. The lowest BCUT2D eigenvalue weighted by molar-refractivity contribution is 0.358. The minimum absolute atomic E-state index is 0.563. The van der Waals surface area contributed by atoms with Gasteiger partial charge in [-0.2, -0.15) is 0 Å². The number of hydrogen-bond acceptors (Lipinski definition) is 2. The third kappa shape index (κ3) is 1.73. The summed E-state index contributed by atoms with van der Waals surface area (Å²) in [6.07, 6.45) is 9.07. The first-order valence-electron chi connectivity index (χ1n) is 6.81. The van der Waals surface area contributed by atoms with Crippen LogP contribution in [-0.4, -0.2) is 6.61 Å². The van der Waals surface area contributed by atoms with Crippen LogP contribution >= 0.6 is 0 Å². The van der Waals surface area contributed by atoms with Crippen molar-refractivity contribution in [3.05, 3.63) is 66.3 Å². The Morgan fingerprint density at radius 1 is 0.850 bits per heavy atom. The molecule has 0 unspecified atom stereocenters. The van der Waals surface area contributed by atoms with Crippen LogP contribution in [0.15, 0.2) is 65.1 Å². The molecule has 0 radical (unpaired) electrons. The van der Waals surface area contributed by atoms with Crippen molar-refractivity contribution in [3.63, 3.8) is 0 Å². The monoisotopic (exact) mass is 262 g/mol. The molecule has 2 heteroatoms. The molecule has 2 heterocycles. The van der Waals surface area contributed by atoms with Crippen LogP contribution in [0.2, 0.25) is 0 Å². The molecule has 0 amide bonds. The van der Waals surface area contributed by atoms with Gasteiger partial charge in [0.05, 0.1) is 0 Å². The normalized spacial score (nSPS) is 17.8. The van der Waals surface area contributed by atoms with Gasteiger partial charge in [-0.25, -0.2) is 0 Å². The molecule has 0 bridgehead atoms. The number of benzene rings is 2. The summed E-state index contributed by atoms with van der Waals surface area (Å²) in [6.45, 7) is 0.563. The minimum Gasteiger partial charge on any atom is -0.485 e. The molecule has 0 fully saturated rings. The van der Waals surface area contributed by atoms with Crippen molar-refractivity contribution < 1.29 is 9.15 Å². The van der Waals surface area contributed by atoms with E-state index in [9.17, 15) is 0 Å². The second-order valence-corrected chi connectivity index (χ2v) is 4.90. The predicted molar refractivity (Wildman–Crippen MR) is 81.2 cm³/mol. The summed E-state index contributed by atoms with van der Waals surface area (Å²) in [4.78, 5) is 0. The van der Waals surface area contributed by atoms with Crippen molar-refractivity contribution in [1.29, 1.82) is 0 Å².